The van der Waals surface area contributed by atoms with Crippen LogP contribution < -0.4 is 0 Å². The first-order valence-corrected chi connectivity index (χ1v) is 5.39. The summed E-state index contributed by atoms with van der Waals surface area (Å²) in [5, 5.41) is 10.2. The molecule has 0 saturated carbocycles. The summed E-state index contributed by atoms with van der Waals surface area (Å²) in [4.78, 5) is 4.57. The van der Waals surface area contributed by atoms with Gasteiger partial charge in [0.25, 0.3) is 0 Å². The van der Waals surface area contributed by atoms with Gasteiger partial charge in [-0.05, 0) is 19.5 Å². The number of likely N-dealkylation sites (N-methyl/N-ethyl adjacent to an activating group) is 2. The molecule has 1 heterocycles. The van der Waals surface area contributed by atoms with Gasteiger partial charge in [0, 0.05) is 25.7 Å². The van der Waals surface area contributed by atoms with Gasteiger partial charge in [-0.3, -0.25) is 4.90 Å². The fourth-order valence-corrected chi connectivity index (χ4v) is 1.96. The first-order chi connectivity index (χ1) is 6.32. The Balaban J connectivity index is 2.65. The van der Waals surface area contributed by atoms with Crippen molar-refractivity contribution in [3.8, 4) is 0 Å². The second kappa shape index (κ2) is 4.17. The monoisotopic (exact) mass is 200 g/mol. The second-order valence-electron chi connectivity index (χ2n) is 5.62. The average molecular weight is 200 g/mol. The maximum Gasteiger partial charge on any atom is 0.0755 e. The lowest BCUT2D eigenvalue weighted by Crippen LogP contribution is -2.57. The van der Waals surface area contributed by atoms with Crippen molar-refractivity contribution in [3.63, 3.8) is 0 Å². The highest BCUT2D eigenvalue weighted by molar-refractivity contribution is 4.90. The lowest BCUT2D eigenvalue weighted by Gasteiger charge is -2.44. The average Bonchev–Trinajstić information content (AvgIpc) is 2.06. The van der Waals surface area contributed by atoms with E-state index in [1.54, 1.807) is 0 Å². The lowest BCUT2D eigenvalue weighted by molar-refractivity contribution is -0.0397. The highest BCUT2D eigenvalue weighted by Crippen LogP contribution is 2.25. The third-order valence-corrected chi connectivity index (χ3v) is 3.15. The minimum absolute atomic E-state index is 0.0306. The first kappa shape index (κ1) is 12.0. The molecule has 2 unspecified atom stereocenters. The summed E-state index contributed by atoms with van der Waals surface area (Å²) in [6.45, 7) is 9.41. The van der Waals surface area contributed by atoms with E-state index in [0.29, 0.717) is 0 Å². The van der Waals surface area contributed by atoms with Crippen molar-refractivity contribution in [2.24, 2.45) is 5.41 Å². The molecule has 0 amide bonds. The second-order valence-corrected chi connectivity index (χ2v) is 5.62. The van der Waals surface area contributed by atoms with Crippen molar-refractivity contribution >= 4 is 0 Å². The van der Waals surface area contributed by atoms with Crippen LogP contribution >= 0.6 is 0 Å². The van der Waals surface area contributed by atoms with E-state index in [1.807, 2.05) is 0 Å². The summed E-state index contributed by atoms with van der Waals surface area (Å²) in [6, 6.07) is 0.272. The molecule has 1 aliphatic rings. The summed E-state index contributed by atoms with van der Waals surface area (Å²) >= 11 is 0. The van der Waals surface area contributed by atoms with E-state index in [9.17, 15) is 5.11 Å². The van der Waals surface area contributed by atoms with Crippen LogP contribution in [0, 0.1) is 5.41 Å². The summed E-state index contributed by atoms with van der Waals surface area (Å²) in [5.41, 5.74) is -0.0306. The molecule has 0 aromatic rings. The van der Waals surface area contributed by atoms with Crippen LogP contribution in [-0.4, -0.2) is 60.8 Å². The zero-order chi connectivity index (χ0) is 10.9. The minimum atomic E-state index is -0.254. The molecule has 0 aliphatic carbocycles. The summed E-state index contributed by atoms with van der Waals surface area (Å²) < 4.78 is 0. The molecule has 1 fully saturated rings. The predicted molar refractivity (Wildman–Crippen MR) is 59.4 cm³/mol. The normalized spacial score (nSPS) is 29.1. The van der Waals surface area contributed by atoms with Crippen LogP contribution in [0.25, 0.3) is 0 Å². The van der Waals surface area contributed by atoms with Crippen molar-refractivity contribution in [1.29, 1.82) is 0 Å². The molecule has 0 spiro atoms. The van der Waals surface area contributed by atoms with Crippen LogP contribution in [0.2, 0.25) is 0 Å². The number of nitrogens with zero attached hydrogens (tertiary/aromatic N) is 2. The Bertz CT molecular complexity index is 188. The first-order valence-electron chi connectivity index (χ1n) is 5.39. The molecule has 1 aliphatic heterocycles. The Morgan fingerprint density at radius 3 is 2.29 bits per heavy atom. The van der Waals surface area contributed by atoms with Gasteiger partial charge < -0.3 is 10.0 Å². The summed E-state index contributed by atoms with van der Waals surface area (Å²) in [5.74, 6) is 0. The molecule has 3 nitrogen and oxygen atoms in total. The van der Waals surface area contributed by atoms with Crippen molar-refractivity contribution in [2.75, 3.05) is 33.7 Å². The van der Waals surface area contributed by atoms with Gasteiger partial charge in [-0.2, -0.15) is 0 Å². The molecule has 1 N–H and O–H groups in total. The Morgan fingerprint density at radius 2 is 1.79 bits per heavy atom. The van der Waals surface area contributed by atoms with Gasteiger partial charge >= 0.3 is 0 Å². The topological polar surface area (TPSA) is 26.7 Å². The van der Waals surface area contributed by atoms with Crippen LogP contribution in [-0.2, 0) is 0 Å². The van der Waals surface area contributed by atoms with Crippen LogP contribution in [0.4, 0.5) is 0 Å². The maximum atomic E-state index is 10.2. The standard InChI is InChI=1S/C11H24N2O/c1-11(2,3)10(14)9-8-12(4)6-7-13(9)5/h9-10,14H,6-8H2,1-5H3. The van der Waals surface area contributed by atoms with E-state index < -0.39 is 0 Å². The van der Waals surface area contributed by atoms with Crippen molar-refractivity contribution in [2.45, 2.75) is 32.9 Å². The van der Waals surface area contributed by atoms with E-state index in [1.165, 1.54) is 0 Å². The summed E-state index contributed by atoms with van der Waals surface area (Å²) in [6.07, 6.45) is -0.254. The number of hydrogen-bond donors (Lipinski definition) is 1. The Kier molecular flexibility index (Phi) is 3.56. The predicted octanol–water partition coefficient (Wildman–Crippen LogP) is 0.639. The Morgan fingerprint density at radius 1 is 1.21 bits per heavy atom. The van der Waals surface area contributed by atoms with E-state index in [-0.39, 0.29) is 17.6 Å². The minimum Gasteiger partial charge on any atom is -0.391 e. The third-order valence-electron chi connectivity index (χ3n) is 3.15. The molecule has 2 atom stereocenters. The quantitative estimate of drug-likeness (QED) is 0.673. The van der Waals surface area contributed by atoms with Gasteiger partial charge in [0.15, 0.2) is 0 Å². The van der Waals surface area contributed by atoms with Gasteiger partial charge in [0.2, 0.25) is 0 Å². The fraction of sp³-hybridized carbons (Fsp3) is 1.00. The third kappa shape index (κ3) is 2.69. The van der Waals surface area contributed by atoms with Gasteiger partial charge in [0.1, 0.15) is 0 Å². The highest BCUT2D eigenvalue weighted by atomic mass is 16.3. The number of rotatable bonds is 1. The molecule has 14 heavy (non-hydrogen) atoms. The zero-order valence-electron chi connectivity index (χ0n) is 10.1. The number of aliphatic hydroxyl groups is 1. The van der Waals surface area contributed by atoms with E-state index in [2.05, 4.69) is 44.7 Å². The fourth-order valence-electron chi connectivity index (χ4n) is 1.96. The van der Waals surface area contributed by atoms with Crippen LogP contribution in [0.15, 0.2) is 0 Å². The maximum absolute atomic E-state index is 10.2. The van der Waals surface area contributed by atoms with Crippen LogP contribution in [0.3, 0.4) is 0 Å². The molecular formula is C11H24N2O. The molecule has 0 radical (unpaired) electrons. The van der Waals surface area contributed by atoms with Gasteiger partial charge in [-0.25, -0.2) is 0 Å². The van der Waals surface area contributed by atoms with Gasteiger partial charge in [0.05, 0.1) is 6.10 Å². The molecule has 1 rings (SSSR count). The SMILES string of the molecule is CN1CCN(C)C(C(O)C(C)(C)C)C1. The molecule has 84 valence electrons. The molecule has 0 aromatic heterocycles. The number of piperazine rings is 1. The van der Waals surface area contributed by atoms with E-state index >= 15 is 0 Å². The number of hydrogen-bond acceptors (Lipinski definition) is 3. The summed E-state index contributed by atoms with van der Waals surface area (Å²) in [7, 11) is 4.22. The zero-order valence-corrected chi connectivity index (χ0v) is 10.1. The van der Waals surface area contributed by atoms with Gasteiger partial charge in [-0.1, -0.05) is 20.8 Å². The molecule has 1 saturated heterocycles. The largest absolute Gasteiger partial charge is 0.391 e. The van der Waals surface area contributed by atoms with E-state index in [4.69, 9.17) is 0 Å². The molecule has 0 bridgehead atoms. The van der Waals surface area contributed by atoms with E-state index in [0.717, 1.165) is 19.6 Å². The van der Waals surface area contributed by atoms with Gasteiger partial charge in [-0.15, -0.1) is 0 Å². The Hall–Kier alpha value is -0.120. The molecular weight excluding hydrogens is 176 g/mol. The lowest BCUT2D eigenvalue weighted by atomic mass is 9.83. The van der Waals surface area contributed by atoms with Crippen LogP contribution in [0.5, 0.6) is 0 Å². The van der Waals surface area contributed by atoms with Crippen LogP contribution in [0.1, 0.15) is 20.8 Å². The van der Waals surface area contributed by atoms with Crippen molar-refractivity contribution < 1.29 is 5.11 Å². The van der Waals surface area contributed by atoms with Crippen molar-refractivity contribution in [3.05, 3.63) is 0 Å². The smallest absolute Gasteiger partial charge is 0.0755 e. The molecule has 3 heteroatoms. The van der Waals surface area contributed by atoms with Crippen molar-refractivity contribution in [1.82, 2.24) is 9.80 Å². The number of aliphatic hydroxyl groups excluding tert-OH is 1. The Labute approximate surface area is 87.7 Å². The highest BCUT2D eigenvalue weighted by Gasteiger charge is 2.35. The molecule has 0 aromatic carbocycles.